The molecular weight excluding hydrogens is 326 g/mol. The molecule has 0 spiro atoms. The lowest BCUT2D eigenvalue weighted by Gasteiger charge is -2.40. The van der Waals surface area contributed by atoms with Crippen LogP contribution < -0.4 is 10.1 Å². The van der Waals surface area contributed by atoms with Crippen molar-refractivity contribution in [2.24, 2.45) is 0 Å². The normalized spacial score (nSPS) is 28.5. The first-order valence-corrected chi connectivity index (χ1v) is 8.69. The van der Waals surface area contributed by atoms with Gasteiger partial charge in [-0.2, -0.15) is 0 Å². The van der Waals surface area contributed by atoms with Gasteiger partial charge in [0, 0.05) is 21.9 Å². The maximum atomic E-state index is 6.40. The van der Waals surface area contributed by atoms with Gasteiger partial charge in [-0.15, -0.1) is 0 Å². The molecular formula is C18H20BrNO. The Kier molecular flexibility index (Phi) is 3.64. The van der Waals surface area contributed by atoms with E-state index in [1.54, 1.807) is 0 Å². The number of rotatable bonds is 2. The minimum absolute atomic E-state index is 0.353. The van der Waals surface area contributed by atoms with Gasteiger partial charge < -0.3 is 10.1 Å². The summed E-state index contributed by atoms with van der Waals surface area (Å²) >= 11 is 3.63. The molecule has 110 valence electrons. The summed E-state index contributed by atoms with van der Waals surface area (Å²) in [5.74, 6) is 1.03. The Hall–Kier alpha value is -1.06. The Morgan fingerprint density at radius 2 is 1.67 bits per heavy atom. The summed E-state index contributed by atoms with van der Waals surface area (Å²) in [7, 11) is 0. The van der Waals surface area contributed by atoms with Crippen molar-refractivity contribution in [2.45, 2.75) is 50.3 Å². The predicted octanol–water partition coefficient (Wildman–Crippen LogP) is 4.65. The van der Waals surface area contributed by atoms with E-state index in [1.165, 1.54) is 30.0 Å². The summed E-state index contributed by atoms with van der Waals surface area (Å²) in [5.41, 5.74) is 0. The van der Waals surface area contributed by atoms with E-state index in [1.807, 2.05) is 0 Å². The molecule has 1 N–H and O–H groups in total. The molecule has 0 amide bonds. The van der Waals surface area contributed by atoms with Crippen LogP contribution in [-0.4, -0.2) is 18.2 Å². The van der Waals surface area contributed by atoms with E-state index >= 15 is 0 Å². The topological polar surface area (TPSA) is 21.3 Å². The minimum Gasteiger partial charge on any atom is -0.490 e. The number of fused-ring (bicyclic) bond motifs is 3. The number of hydrogen-bond acceptors (Lipinski definition) is 2. The van der Waals surface area contributed by atoms with Crippen molar-refractivity contribution in [1.82, 2.24) is 5.32 Å². The maximum Gasteiger partial charge on any atom is 0.127 e. The third-order valence-electron chi connectivity index (χ3n) is 4.79. The number of ether oxygens (including phenoxy) is 1. The van der Waals surface area contributed by atoms with Crippen LogP contribution in [0, 0.1) is 0 Å². The van der Waals surface area contributed by atoms with E-state index in [4.69, 9.17) is 4.74 Å². The third kappa shape index (κ3) is 2.69. The van der Waals surface area contributed by atoms with Crippen LogP contribution in [0.1, 0.15) is 32.1 Å². The highest BCUT2D eigenvalue weighted by molar-refractivity contribution is 9.10. The van der Waals surface area contributed by atoms with Crippen LogP contribution in [0.3, 0.4) is 0 Å². The van der Waals surface area contributed by atoms with Gasteiger partial charge in [0.05, 0.1) is 0 Å². The standard InChI is InChI=1S/C18H20BrNO/c19-17-8-2-7-16-15(17)6-3-9-18(16)21-14-10-12-4-1-5-13(11-14)20-12/h2-3,6-9,12-14,20H,1,4-5,10-11H2/t12-,13+,14?. The molecule has 0 aromatic heterocycles. The fourth-order valence-corrected chi connectivity index (χ4v) is 4.33. The van der Waals surface area contributed by atoms with Crippen LogP contribution in [0.2, 0.25) is 0 Å². The summed E-state index contributed by atoms with van der Waals surface area (Å²) in [6.07, 6.45) is 6.61. The average Bonchev–Trinajstić information content (AvgIpc) is 2.48. The first-order valence-electron chi connectivity index (χ1n) is 7.89. The molecule has 3 atom stereocenters. The largest absolute Gasteiger partial charge is 0.490 e. The highest BCUT2D eigenvalue weighted by Crippen LogP contribution is 2.34. The number of halogens is 1. The molecule has 2 saturated heterocycles. The van der Waals surface area contributed by atoms with Gasteiger partial charge in [0.25, 0.3) is 0 Å². The zero-order valence-electron chi connectivity index (χ0n) is 12.0. The quantitative estimate of drug-likeness (QED) is 0.854. The minimum atomic E-state index is 0.353. The third-order valence-corrected chi connectivity index (χ3v) is 5.49. The second-order valence-electron chi connectivity index (χ2n) is 6.29. The number of benzene rings is 2. The van der Waals surface area contributed by atoms with Crippen LogP contribution in [0.5, 0.6) is 5.75 Å². The smallest absolute Gasteiger partial charge is 0.127 e. The van der Waals surface area contributed by atoms with E-state index in [0.717, 1.165) is 23.1 Å². The Labute approximate surface area is 134 Å². The van der Waals surface area contributed by atoms with Crippen molar-refractivity contribution < 1.29 is 4.74 Å². The zero-order chi connectivity index (χ0) is 14.2. The molecule has 2 nitrogen and oxygen atoms in total. The molecule has 2 bridgehead atoms. The first-order chi connectivity index (χ1) is 10.3. The van der Waals surface area contributed by atoms with Crippen molar-refractivity contribution in [3.8, 4) is 5.75 Å². The Balaban J connectivity index is 1.61. The second-order valence-corrected chi connectivity index (χ2v) is 7.15. The first kappa shape index (κ1) is 13.6. The Bertz CT molecular complexity index is 645. The summed E-state index contributed by atoms with van der Waals surface area (Å²) < 4.78 is 7.53. The molecule has 0 saturated carbocycles. The maximum absolute atomic E-state index is 6.40. The number of nitrogens with one attached hydrogen (secondary N) is 1. The van der Waals surface area contributed by atoms with Crippen LogP contribution in [0.25, 0.3) is 10.8 Å². The van der Waals surface area contributed by atoms with E-state index in [2.05, 4.69) is 57.6 Å². The van der Waals surface area contributed by atoms with Crippen molar-refractivity contribution in [3.63, 3.8) is 0 Å². The highest BCUT2D eigenvalue weighted by atomic mass is 79.9. The monoisotopic (exact) mass is 345 g/mol. The Morgan fingerprint density at radius 3 is 2.48 bits per heavy atom. The van der Waals surface area contributed by atoms with Gasteiger partial charge >= 0.3 is 0 Å². The Morgan fingerprint density at radius 1 is 0.952 bits per heavy atom. The molecule has 2 aromatic rings. The fourth-order valence-electron chi connectivity index (χ4n) is 3.83. The lowest BCUT2D eigenvalue weighted by atomic mass is 9.85. The van der Waals surface area contributed by atoms with Crippen molar-refractivity contribution in [3.05, 3.63) is 40.9 Å². The van der Waals surface area contributed by atoms with Gasteiger partial charge in [0.15, 0.2) is 0 Å². The molecule has 21 heavy (non-hydrogen) atoms. The van der Waals surface area contributed by atoms with Crippen LogP contribution >= 0.6 is 15.9 Å². The van der Waals surface area contributed by atoms with Crippen LogP contribution in [0.4, 0.5) is 0 Å². The molecule has 2 heterocycles. The molecule has 2 fully saturated rings. The second kappa shape index (κ2) is 5.62. The van der Waals surface area contributed by atoms with E-state index in [9.17, 15) is 0 Å². The number of piperidine rings is 2. The van der Waals surface area contributed by atoms with Crippen molar-refractivity contribution >= 4 is 26.7 Å². The summed E-state index contributed by atoms with van der Waals surface area (Å²) in [4.78, 5) is 0. The highest BCUT2D eigenvalue weighted by Gasteiger charge is 2.32. The molecule has 0 radical (unpaired) electrons. The van der Waals surface area contributed by atoms with Gasteiger partial charge in [0.2, 0.25) is 0 Å². The molecule has 2 aliphatic heterocycles. The summed E-state index contributed by atoms with van der Waals surface area (Å²) in [6.45, 7) is 0. The predicted molar refractivity (Wildman–Crippen MR) is 89.9 cm³/mol. The molecule has 2 aromatic carbocycles. The number of hydrogen-bond donors (Lipinski definition) is 1. The zero-order valence-corrected chi connectivity index (χ0v) is 13.6. The van der Waals surface area contributed by atoms with E-state index in [-0.39, 0.29) is 0 Å². The molecule has 4 rings (SSSR count). The van der Waals surface area contributed by atoms with Gasteiger partial charge in [0.1, 0.15) is 11.9 Å². The fraction of sp³-hybridized carbons (Fsp3) is 0.444. The molecule has 0 aliphatic carbocycles. The van der Waals surface area contributed by atoms with Gasteiger partial charge in [-0.1, -0.05) is 46.6 Å². The summed E-state index contributed by atoms with van der Waals surface area (Å²) in [5, 5.41) is 6.16. The van der Waals surface area contributed by atoms with Gasteiger partial charge in [-0.3, -0.25) is 0 Å². The van der Waals surface area contributed by atoms with Crippen LogP contribution in [0.15, 0.2) is 40.9 Å². The summed E-state index contributed by atoms with van der Waals surface area (Å²) in [6, 6.07) is 14.0. The van der Waals surface area contributed by atoms with Crippen molar-refractivity contribution in [1.29, 1.82) is 0 Å². The average molecular weight is 346 g/mol. The van der Waals surface area contributed by atoms with Gasteiger partial charge in [-0.05, 0) is 43.2 Å². The van der Waals surface area contributed by atoms with Crippen LogP contribution in [-0.2, 0) is 0 Å². The molecule has 3 heteroatoms. The van der Waals surface area contributed by atoms with Gasteiger partial charge in [-0.25, -0.2) is 0 Å². The van der Waals surface area contributed by atoms with E-state index < -0.39 is 0 Å². The molecule has 2 aliphatic rings. The lowest BCUT2D eigenvalue weighted by Crippen LogP contribution is -2.51. The van der Waals surface area contributed by atoms with E-state index in [0.29, 0.717) is 18.2 Å². The molecule has 1 unspecified atom stereocenters. The SMILES string of the molecule is Brc1cccc2c(OC3C[C@H]4CCC[C@@H](C3)N4)cccc12. The van der Waals surface area contributed by atoms with Crippen molar-refractivity contribution in [2.75, 3.05) is 0 Å². The lowest BCUT2D eigenvalue weighted by molar-refractivity contribution is 0.0940.